The Balaban J connectivity index is 0.00000147. The van der Waals surface area contributed by atoms with Gasteiger partial charge in [0.05, 0.1) is 0 Å². The number of benzene rings is 1. The van der Waals surface area contributed by atoms with E-state index in [0.717, 1.165) is 11.8 Å². The van der Waals surface area contributed by atoms with Crippen molar-refractivity contribution in [2.75, 3.05) is 0 Å². The third-order valence-corrected chi connectivity index (χ3v) is 6.69. The molecule has 1 aromatic rings. The van der Waals surface area contributed by atoms with Crippen LogP contribution in [0.4, 0.5) is 0 Å². The normalized spacial score (nSPS) is 21.4. The van der Waals surface area contributed by atoms with Gasteiger partial charge in [-0.05, 0) is 0 Å². The third kappa shape index (κ3) is 3.80. The van der Waals surface area contributed by atoms with Gasteiger partial charge in [-0.25, -0.2) is 0 Å². The van der Waals surface area contributed by atoms with Gasteiger partial charge in [0, 0.05) is 0 Å². The van der Waals surface area contributed by atoms with Crippen LogP contribution in [0.15, 0.2) is 18.2 Å². The number of hydrogen-bond acceptors (Lipinski definition) is 0. The summed E-state index contributed by atoms with van der Waals surface area (Å²) in [7, 11) is 0. The second-order valence-corrected chi connectivity index (χ2v) is 8.32. The standard InChI is InChI=1S/C18H25.Bi.H2S/c1-3-9-15(10-4-1)17-13-7-8-14-18(17)16-11-5-2-6-12-16;;/h7-8,13,15-16H,1-6,9-12H2;;1H2. The minimum atomic E-state index is 0. The Morgan fingerprint density at radius 3 is 1.90 bits per heavy atom. The fraction of sp³-hybridized carbons (Fsp3) is 0.667. The van der Waals surface area contributed by atoms with E-state index in [1.54, 1.807) is 8.83 Å². The molecule has 0 spiro atoms. The Kier molecular flexibility index (Phi) is 6.88. The summed E-state index contributed by atoms with van der Waals surface area (Å²) in [6, 6.07) is 7.19. The van der Waals surface area contributed by atoms with E-state index in [0.29, 0.717) is 0 Å². The zero-order valence-corrected chi connectivity index (χ0v) is 16.9. The molecule has 3 rings (SSSR count). The van der Waals surface area contributed by atoms with E-state index in [9.17, 15) is 0 Å². The maximum absolute atomic E-state index is 2.47. The van der Waals surface area contributed by atoms with Gasteiger partial charge in [-0.15, -0.1) is 0 Å². The minimum absolute atomic E-state index is 0. The van der Waals surface area contributed by atoms with Gasteiger partial charge in [0.15, 0.2) is 0 Å². The van der Waals surface area contributed by atoms with Crippen molar-refractivity contribution < 1.29 is 0 Å². The summed E-state index contributed by atoms with van der Waals surface area (Å²) in [4.78, 5) is 0. The Morgan fingerprint density at radius 1 is 0.750 bits per heavy atom. The second kappa shape index (κ2) is 8.18. The first-order valence-electron chi connectivity index (χ1n) is 8.18. The average Bonchev–Trinajstić information content (AvgIpc) is 2.49. The Labute approximate surface area is 146 Å². The van der Waals surface area contributed by atoms with E-state index in [2.05, 4.69) is 18.2 Å². The third-order valence-electron chi connectivity index (χ3n) is 5.18. The predicted molar refractivity (Wildman–Crippen MR) is 93.9 cm³/mol. The van der Waals surface area contributed by atoms with Gasteiger partial charge in [0.1, 0.15) is 0 Å². The molecule has 0 bridgehead atoms. The Hall–Kier alpha value is 0.453. The van der Waals surface area contributed by atoms with Crippen molar-refractivity contribution in [1.82, 2.24) is 0 Å². The van der Waals surface area contributed by atoms with Crippen molar-refractivity contribution in [2.24, 2.45) is 0 Å². The molecular weight excluding hydrogens is 457 g/mol. The first-order valence-corrected chi connectivity index (χ1v) is 9.92. The van der Waals surface area contributed by atoms with Gasteiger partial charge in [0.25, 0.3) is 0 Å². The van der Waals surface area contributed by atoms with Gasteiger partial charge in [0.2, 0.25) is 0 Å². The molecule has 0 aromatic heterocycles. The molecule has 20 heavy (non-hydrogen) atoms. The Bertz CT molecular complexity index is 417. The molecule has 0 N–H and O–H groups in total. The van der Waals surface area contributed by atoms with E-state index in [1.807, 2.05) is 5.56 Å². The monoisotopic (exact) mass is 484 g/mol. The van der Waals surface area contributed by atoms with Crippen LogP contribution in [0.3, 0.4) is 0 Å². The molecule has 110 valence electrons. The molecule has 0 amide bonds. The summed E-state index contributed by atoms with van der Waals surface area (Å²) >= 11 is 1.45. The van der Waals surface area contributed by atoms with E-state index in [4.69, 9.17) is 0 Å². The van der Waals surface area contributed by atoms with E-state index in [-0.39, 0.29) is 13.5 Å². The maximum atomic E-state index is 2.47. The fourth-order valence-corrected chi connectivity index (χ4v) is 5.72. The molecule has 2 fully saturated rings. The van der Waals surface area contributed by atoms with Crippen LogP contribution in [0, 0.1) is 0 Å². The van der Waals surface area contributed by atoms with Crippen LogP contribution in [0.5, 0.6) is 0 Å². The molecule has 1 aromatic carbocycles. The molecule has 2 radical (unpaired) electrons. The molecule has 2 aliphatic carbocycles. The molecule has 0 aliphatic heterocycles. The predicted octanol–water partition coefficient (Wildman–Crippen LogP) is 4.69. The molecule has 2 heteroatoms. The van der Waals surface area contributed by atoms with Crippen LogP contribution in [0.2, 0.25) is 0 Å². The first-order chi connectivity index (χ1) is 9.36. The van der Waals surface area contributed by atoms with E-state index < -0.39 is 0 Å². The molecular formula is C18H27BiS. The van der Waals surface area contributed by atoms with Crippen molar-refractivity contribution in [3.05, 3.63) is 29.3 Å². The van der Waals surface area contributed by atoms with Crippen molar-refractivity contribution in [3.8, 4) is 0 Å². The summed E-state index contributed by atoms with van der Waals surface area (Å²) in [5.41, 5.74) is 3.56. The number of rotatable bonds is 2. The van der Waals surface area contributed by atoms with E-state index >= 15 is 0 Å². The summed E-state index contributed by atoms with van der Waals surface area (Å²) in [5, 5.41) is 0. The average molecular weight is 484 g/mol. The van der Waals surface area contributed by atoms with Gasteiger partial charge in [-0.1, -0.05) is 0 Å². The van der Waals surface area contributed by atoms with Gasteiger partial charge in [-0.2, -0.15) is 13.5 Å². The summed E-state index contributed by atoms with van der Waals surface area (Å²) in [6.07, 6.45) is 14.6. The molecule has 2 aliphatic rings. The van der Waals surface area contributed by atoms with Crippen LogP contribution in [-0.2, 0) is 0 Å². The number of hydrogen-bond donors (Lipinski definition) is 0. The molecule has 0 saturated heterocycles. The van der Waals surface area contributed by atoms with Crippen LogP contribution >= 0.6 is 13.5 Å². The second-order valence-electron chi connectivity index (χ2n) is 6.45. The first kappa shape index (κ1) is 16.8. The molecule has 0 atom stereocenters. The van der Waals surface area contributed by atoms with Crippen LogP contribution < -0.4 is 3.27 Å². The van der Waals surface area contributed by atoms with Crippen LogP contribution in [-0.4, -0.2) is 24.7 Å². The zero-order chi connectivity index (χ0) is 13.1. The molecule has 0 unspecified atom stereocenters. The van der Waals surface area contributed by atoms with Crippen molar-refractivity contribution >= 4 is 41.5 Å². The van der Waals surface area contributed by atoms with Crippen LogP contribution in [0.1, 0.15) is 87.2 Å². The SMILES string of the molecule is S.[Bi][c]1cccc(C2CCCCC2)c1C1CCCCC1. The van der Waals surface area contributed by atoms with Crippen molar-refractivity contribution in [1.29, 1.82) is 0 Å². The van der Waals surface area contributed by atoms with Crippen molar-refractivity contribution in [2.45, 2.75) is 76.0 Å². The fourth-order valence-electron chi connectivity index (χ4n) is 4.18. The molecule has 2 saturated carbocycles. The van der Waals surface area contributed by atoms with Crippen LogP contribution in [0.25, 0.3) is 0 Å². The van der Waals surface area contributed by atoms with Gasteiger partial charge >= 0.3 is 133 Å². The molecule has 0 heterocycles. The van der Waals surface area contributed by atoms with Gasteiger partial charge in [-0.3, -0.25) is 0 Å². The Morgan fingerprint density at radius 2 is 1.30 bits per heavy atom. The summed E-state index contributed by atoms with van der Waals surface area (Å²) in [6.45, 7) is 0. The summed E-state index contributed by atoms with van der Waals surface area (Å²) < 4.78 is 1.68. The van der Waals surface area contributed by atoms with Crippen molar-refractivity contribution in [3.63, 3.8) is 0 Å². The summed E-state index contributed by atoms with van der Waals surface area (Å²) in [5.74, 6) is 1.78. The zero-order valence-electron chi connectivity index (χ0n) is 12.4. The van der Waals surface area contributed by atoms with Gasteiger partial charge < -0.3 is 0 Å². The topological polar surface area (TPSA) is 0 Å². The molecule has 0 nitrogen and oxygen atoms in total. The quantitative estimate of drug-likeness (QED) is 0.535. The van der Waals surface area contributed by atoms with E-state index in [1.165, 1.54) is 88.9 Å².